The van der Waals surface area contributed by atoms with Gasteiger partial charge in [0.25, 0.3) is 0 Å². The van der Waals surface area contributed by atoms with Gasteiger partial charge in [0.2, 0.25) is 0 Å². The summed E-state index contributed by atoms with van der Waals surface area (Å²) in [5.41, 5.74) is -0.120. The van der Waals surface area contributed by atoms with Crippen molar-refractivity contribution >= 4 is 11.9 Å². The molecule has 0 aromatic rings. The average molecular weight is 357 g/mol. The Labute approximate surface area is 147 Å². The molecule has 4 aliphatic carbocycles. The first kappa shape index (κ1) is 18.6. The molecule has 6 heteroatoms. The van der Waals surface area contributed by atoms with Crippen LogP contribution in [0.25, 0.3) is 0 Å². The van der Waals surface area contributed by atoms with Crippen molar-refractivity contribution in [3.8, 4) is 0 Å². The minimum absolute atomic E-state index is 0.120. The summed E-state index contributed by atoms with van der Waals surface area (Å²) in [5.74, 6) is -5.61. The second-order valence-corrected chi connectivity index (χ2v) is 9.11. The van der Waals surface area contributed by atoms with Crippen molar-refractivity contribution in [3.05, 3.63) is 0 Å². The molecule has 1 unspecified atom stereocenters. The number of hydrogen-bond donors (Lipinski definition) is 0. The number of esters is 1. The molecule has 0 saturated heterocycles. The van der Waals surface area contributed by atoms with Gasteiger partial charge in [0, 0.05) is 0 Å². The van der Waals surface area contributed by atoms with Crippen LogP contribution in [-0.4, -0.2) is 24.0 Å². The summed E-state index contributed by atoms with van der Waals surface area (Å²) < 4.78 is 32.8. The lowest BCUT2D eigenvalue weighted by atomic mass is 9.49. The van der Waals surface area contributed by atoms with Crippen LogP contribution in [0.1, 0.15) is 65.2 Å². The van der Waals surface area contributed by atoms with Crippen molar-refractivity contribution < 1.29 is 28.2 Å². The summed E-state index contributed by atoms with van der Waals surface area (Å²) in [6, 6.07) is 0. The van der Waals surface area contributed by atoms with Crippen molar-refractivity contribution in [1.29, 1.82) is 0 Å². The number of ether oxygens (including phenoxy) is 1. The largest absolute Gasteiger partial charge is 0.544 e. The van der Waals surface area contributed by atoms with Gasteiger partial charge in [0.1, 0.15) is 5.97 Å². The maximum Gasteiger partial charge on any atom is 0.323 e. The fourth-order valence-electron chi connectivity index (χ4n) is 5.84. The molecule has 4 fully saturated rings. The van der Waals surface area contributed by atoms with Crippen molar-refractivity contribution in [2.75, 3.05) is 0 Å². The third-order valence-corrected chi connectivity index (χ3v) is 6.32. The van der Waals surface area contributed by atoms with Crippen LogP contribution in [-0.2, 0) is 14.3 Å². The molecule has 0 heterocycles. The van der Waals surface area contributed by atoms with Crippen LogP contribution in [0, 0.1) is 29.1 Å². The summed E-state index contributed by atoms with van der Waals surface area (Å²) in [6.07, 6.45) is 4.58. The Balaban J connectivity index is 1.66. The second kappa shape index (κ2) is 6.51. The lowest BCUT2D eigenvalue weighted by Gasteiger charge is -2.56. The predicted octanol–water partition coefficient (Wildman–Crippen LogP) is 2.94. The summed E-state index contributed by atoms with van der Waals surface area (Å²) in [4.78, 5) is 23.2. The number of carbonyl (C=O) groups is 2. The van der Waals surface area contributed by atoms with Crippen molar-refractivity contribution in [3.63, 3.8) is 0 Å². The summed E-state index contributed by atoms with van der Waals surface area (Å²) >= 11 is 0. The summed E-state index contributed by atoms with van der Waals surface area (Å²) in [5, 5.41) is 10.8. The van der Waals surface area contributed by atoms with Crippen molar-refractivity contribution in [2.24, 2.45) is 29.1 Å². The second-order valence-electron chi connectivity index (χ2n) is 9.11. The fourth-order valence-corrected chi connectivity index (χ4v) is 5.84. The Hall–Kier alpha value is -1.20. The Morgan fingerprint density at radius 2 is 1.60 bits per heavy atom. The Morgan fingerprint density at radius 1 is 1.12 bits per heavy atom. The van der Waals surface area contributed by atoms with E-state index in [1.54, 1.807) is 13.8 Å². The molecular formula is C19H27F2O4-. The van der Waals surface area contributed by atoms with E-state index in [9.17, 15) is 23.5 Å². The van der Waals surface area contributed by atoms with E-state index in [4.69, 9.17) is 4.74 Å². The summed E-state index contributed by atoms with van der Waals surface area (Å²) in [6.45, 7) is 3.37. The Kier molecular flexibility index (Phi) is 4.84. The molecule has 4 bridgehead atoms. The van der Waals surface area contributed by atoms with Gasteiger partial charge in [0.05, 0.1) is 6.42 Å². The molecule has 0 amide bonds. The number of halogens is 2. The minimum atomic E-state index is -4.17. The number of carboxylic acid groups (broad SMARTS) is 1. The molecule has 0 radical (unpaired) electrons. The smallest absolute Gasteiger partial charge is 0.323 e. The highest BCUT2D eigenvalue weighted by Gasteiger charge is 2.52. The molecule has 0 N–H and O–H groups in total. The van der Waals surface area contributed by atoms with Crippen LogP contribution in [0.15, 0.2) is 0 Å². The number of carboxylic acids is 1. The highest BCUT2D eigenvalue weighted by molar-refractivity contribution is 5.76. The van der Waals surface area contributed by atoms with E-state index >= 15 is 0 Å². The standard InChI is InChI=1S/C19H28F2O4/c1-11(2)3-15(19(20,21)17(23)24)25-16(22)10-18-7-12-4-13(8-18)6-14(5-12)9-18/h11-15H,3-10H2,1-2H3,(H,23,24)/p-1. The van der Waals surface area contributed by atoms with Gasteiger partial charge >= 0.3 is 11.9 Å². The summed E-state index contributed by atoms with van der Waals surface area (Å²) in [7, 11) is 0. The number of rotatable bonds is 7. The van der Waals surface area contributed by atoms with Crippen LogP contribution in [0.2, 0.25) is 0 Å². The van der Waals surface area contributed by atoms with Crippen LogP contribution in [0.4, 0.5) is 8.78 Å². The van der Waals surface area contributed by atoms with E-state index in [0.717, 1.165) is 19.3 Å². The maximum atomic E-state index is 13.9. The zero-order valence-corrected chi connectivity index (χ0v) is 14.9. The zero-order valence-electron chi connectivity index (χ0n) is 14.9. The van der Waals surface area contributed by atoms with Gasteiger partial charge in [-0.3, -0.25) is 4.79 Å². The molecule has 4 aliphatic rings. The molecule has 0 aromatic heterocycles. The first-order chi connectivity index (χ1) is 11.6. The highest BCUT2D eigenvalue weighted by Crippen LogP contribution is 2.61. The van der Waals surface area contributed by atoms with E-state index in [2.05, 4.69) is 0 Å². The normalized spacial score (nSPS) is 35.0. The third-order valence-electron chi connectivity index (χ3n) is 6.32. The van der Waals surface area contributed by atoms with E-state index in [1.807, 2.05) is 0 Å². The highest BCUT2D eigenvalue weighted by atomic mass is 19.3. The first-order valence-corrected chi connectivity index (χ1v) is 9.38. The third kappa shape index (κ3) is 3.82. The molecule has 142 valence electrons. The monoisotopic (exact) mass is 357 g/mol. The molecule has 0 aliphatic heterocycles. The van der Waals surface area contributed by atoms with Crippen LogP contribution in [0.3, 0.4) is 0 Å². The number of alkyl halides is 2. The maximum absolute atomic E-state index is 13.9. The van der Waals surface area contributed by atoms with Crippen molar-refractivity contribution in [2.45, 2.75) is 77.2 Å². The first-order valence-electron chi connectivity index (χ1n) is 9.38. The van der Waals surface area contributed by atoms with Crippen molar-refractivity contribution in [1.82, 2.24) is 0 Å². The molecule has 4 saturated carbocycles. The van der Waals surface area contributed by atoms with Crippen LogP contribution in [0.5, 0.6) is 0 Å². The predicted molar refractivity (Wildman–Crippen MR) is 84.5 cm³/mol. The molecule has 25 heavy (non-hydrogen) atoms. The number of aliphatic carboxylic acids is 1. The van der Waals surface area contributed by atoms with Gasteiger partial charge in [-0.05, 0) is 74.0 Å². The average Bonchev–Trinajstić information content (AvgIpc) is 2.43. The van der Waals surface area contributed by atoms with E-state index < -0.39 is 24.0 Å². The quantitative estimate of drug-likeness (QED) is 0.657. The molecular weight excluding hydrogens is 330 g/mol. The van der Waals surface area contributed by atoms with Crippen LogP contribution < -0.4 is 5.11 Å². The number of carbonyl (C=O) groups excluding carboxylic acids is 2. The SMILES string of the molecule is CC(C)CC(OC(=O)CC12CC3CC(CC(C3)C1)C2)C(F)(F)C(=O)[O-]. The van der Waals surface area contributed by atoms with E-state index in [1.165, 1.54) is 19.3 Å². The molecule has 1 atom stereocenters. The Morgan fingerprint density at radius 3 is 2.00 bits per heavy atom. The lowest BCUT2D eigenvalue weighted by molar-refractivity contribution is -0.336. The van der Waals surface area contributed by atoms with Gasteiger partial charge in [-0.15, -0.1) is 0 Å². The Bertz CT molecular complexity index is 508. The molecule has 0 spiro atoms. The molecule has 4 nitrogen and oxygen atoms in total. The van der Waals surface area contributed by atoms with Gasteiger partial charge in [-0.2, -0.15) is 8.78 Å². The molecule has 4 rings (SSSR count). The number of hydrogen-bond acceptors (Lipinski definition) is 4. The minimum Gasteiger partial charge on any atom is -0.544 e. The van der Waals surface area contributed by atoms with Gasteiger partial charge in [-0.1, -0.05) is 13.8 Å². The van der Waals surface area contributed by atoms with Crippen LogP contribution >= 0.6 is 0 Å². The van der Waals surface area contributed by atoms with Gasteiger partial charge in [-0.25, -0.2) is 0 Å². The van der Waals surface area contributed by atoms with Gasteiger partial charge in [0.15, 0.2) is 6.10 Å². The zero-order chi connectivity index (χ0) is 18.4. The molecule has 0 aromatic carbocycles. The van der Waals surface area contributed by atoms with E-state index in [-0.39, 0.29) is 24.2 Å². The fraction of sp³-hybridized carbons (Fsp3) is 0.895. The van der Waals surface area contributed by atoms with E-state index in [0.29, 0.717) is 17.8 Å². The lowest BCUT2D eigenvalue weighted by Crippen LogP contribution is -2.52. The topological polar surface area (TPSA) is 66.4 Å². The van der Waals surface area contributed by atoms with Gasteiger partial charge < -0.3 is 14.6 Å².